The minimum atomic E-state index is -4.82. The van der Waals surface area contributed by atoms with Gasteiger partial charge < -0.3 is 5.11 Å². The molecule has 0 unspecified atom stereocenters. The molecule has 1 aromatic carbocycles. The molecule has 0 saturated heterocycles. The molecule has 0 aliphatic rings. The van der Waals surface area contributed by atoms with Crippen LogP contribution in [0.25, 0.3) is 0 Å². The number of hydrogen-bond acceptors (Lipinski definition) is 3. The van der Waals surface area contributed by atoms with Gasteiger partial charge >= 0.3 is 12.1 Å². The van der Waals surface area contributed by atoms with Gasteiger partial charge in [-0.3, -0.25) is 4.79 Å². The zero-order chi connectivity index (χ0) is 17.3. The summed E-state index contributed by atoms with van der Waals surface area (Å²) in [6.07, 6.45) is -4.82. The first kappa shape index (κ1) is 18.7. The number of sulfonamides is 1. The standard InChI is InChI=1S/C12H13ClF3NO4S/c1-7(2)17(6-11(18)19)22(20,21)8-3-4-10(13)9(5-8)12(14,15)16/h3-5,7H,6H2,1-2H3,(H,18,19). The Kier molecular flexibility index (Phi) is 5.47. The van der Waals surface area contributed by atoms with Gasteiger partial charge in [-0.05, 0) is 32.0 Å². The fourth-order valence-corrected chi connectivity index (χ4v) is 3.53. The lowest BCUT2D eigenvalue weighted by molar-refractivity contribution is -0.138. The quantitative estimate of drug-likeness (QED) is 0.877. The van der Waals surface area contributed by atoms with Crippen LogP contribution in [-0.2, 0) is 21.0 Å². The number of benzene rings is 1. The van der Waals surface area contributed by atoms with Crippen LogP contribution in [0.3, 0.4) is 0 Å². The molecule has 0 aliphatic heterocycles. The molecule has 0 saturated carbocycles. The molecule has 0 radical (unpaired) electrons. The topological polar surface area (TPSA) is 74.7 Å². The van der Waals surface area contributed by atoms with Gasteiger partial charge in [-0.25, -0.2) is 8.42 Å². The van der Waals surface area contributed by atoms with E-state index in [9.17, 15) is 26.4 Å². The maximum absolute atomic E-state index is 12.8. The highest BCUT2D eigenvalue weighted by Gasteiger charge is 2.36. The lowest BCUT2D eigenvalue weighted by Crippen LogP contribution is -2.40. The zero-order valence-corrected chi connectivity index (χ0v) is 13.1. The number of carbonyl (C=O) groups is 1. The summed E-state index contributed by atoms with van der Waals surface area (Å²) < 4.78 is 63.7. The van der Waals surface area contributed by atoms with Crippen molar-refractivity contribution in [2.45, 2.75) is 31.0 Å². The highest BCUT2D eigenvalue weighted by molar-refractivity contribution is 7.89. The molecule has 0 atom stereocenters. The highest BCUT2D eigenvalue weighted by Crippen LogP contribution is 2.36. The summed E-state index contributed by atoms with van der Waals surface area (Å²) in [6.45, 7) is 1.98. The zero-order valence-electron chi connectivity index (χ0n) is 11.6. The molecule has 0 bridgehead atoms. The van der Waals surface area contributed by atoms with Crippen molar-refractivity contribution < 1.29 is 31.5 Å². The SMILES string of the molecule is CC(C)N(CC(=O)O)S(=O)(=O)c1ccc(Cl)c(C(F)(F)F)c1. The average molecular weight is 360 g/mol. The van der Waals surface area contributed by atoms with Crippen LogP contribution >= 0.6 is 11.6 Å². The van der Waals surface area contributed by atoms with Gasteiger partial charge in [0.15, 0.2) is 0 Å². The van der Waals surface area contributed by atoms with E-state index in [2.05, 4.69) is 0 Å². The predicted octanol–water partition coefficient (Wildman–Crippen LogP) is 2.84. The molecule has 0 aliphatic carbocycles. The van der Waals surface area contributed by atoms with E-state index < -0.39 is 50.2 Å². The van der Waals surface area contributed by atoms with Gasteiger partial charge in [0.2, 0.25) is 10.0 Å². The van der Waals surface area contributed by atoms with Crippen LogP contribution in [-0.4, -0.2) is 36.4 Å². The molecule has 0 amide bonds. The van der Waals surface area contributed by atoms with E-state index in [1.54, 1.807) is 0 Å². The van der Waals surface area contributed by atoms with Crippen LogP contribution in [0.4, 0.5) is 13.2 Å². The van der Waals surface area contributed by atoms with Crippen LogP contribution < -0.4 is 0 Å². The van der Waals surface area contributed by atoms with Crippen molar-refractivity contribution in [1.82, 2.24) is 4.31 Å². The normalized spacial score (nSPS) is 12.9. The second-order valence-corrected chi connectivity index (χ2v) is 6.97. The summed E-state index contributed by atoms with van der Waals surface area (Å²) in [5.74, 6) is -1.41. The Hall–Kier alpha value is -1.32. The predicted molar refractivity (Wildman–Crippen MR) is 73.1 cm³/mol. The number of carboxylic acids is 1. The number of alkyl halides is 3. The molecule has 10 heteroatoms. The highest BCUT2D eigenvalue weighted by atomic mass is 35.5. The molecule has 1 N–H and O–H groups in total. The third-order valence-electron chi connectivity index (χ3n) is 2.72. The molecular weight excluding hydrogens is 347 g/mol. The molecule has 124 valence electrons. The number of aliphatic carboxylic acids is 1. The van der Waals surface area contributed by atoms with Crippen molar-refractivity contribution in [3.63, 3.8) is 0 Å². The molecule has 22 heavy (non-hydrogen) atoms. The third kappa shape index (κ3) is 4.11. The first-order valence-electron chi connectivity index (χ1n) is 5.97. The van der Waals surface area contributed by atoms with Crippen molar-refractivity contribution in [1.29, 1.82) is 0 Å². The molecule has 5 nitrogen and oxygen atoms in total. The van der Waals surface area contributed by atoms with Gasteiger partial charge in [0, 0.05) is 6.04 Å². The van der Waals surface area contributed by atoms with E-state index in [0.717, 1.165) is 12.1 Å². The minimum absolute atomic E-state index is 0.398. The van der Waals surface area contributed by atoms with Crippen LogP contribution in [0.15, 0.2) is 23.1 Å². The van der Waals surface area contributed by atoms with Gasteiger partial charge in [-0.2, -0.15) is 17.5 Å². The number of halogens is 4. The summed E-state index contributed by atoms with van der Waals surface area (Å²) in [7, 11) is -4.40. The van der Waals surface area contributed by atoms with Crippen molar-refractivity contribution in [3.8, 4) is 0 Å². The molecular formula is C12H13ClF3NO4S. The number of rotatable bonds is 5. The molecule has 0 fully saturated rings. The summed E-state index contributed by atoms with van der Waals surface area (Å²) >= 11 is 5.43. The summed E-state index contributed by atoms with van der Waals surface area (Å²) in [6, 6.07) is 1.38. The molecule has 0 spiro atoms. The van der Waals surface area contributed by atoms with Crippen molar-refractivity contribution >= 4 is 27.6 Å². The van der Waals surface area contributed by atoms with E-state index in [1.165, 1.54) is 13.8 Å². The lowest BCUT2D eigenvalue weighted by Gasteiger charge is -2.24. The Morgan fingerprint density at radius 1 is 1.36 bits per heavy atom. The molecule has 1 rings (SSSR count). The maximum Gasteiger partial charge on any atom is 0.417 e. The number of nitrogens with zero attached hydrogens (tertiary/aromatic N) is 1. The molecule has 1 aromatic rings. The Labute approximate surface area is 130 Å². The van der Waals surface area contributed by atoms with Crippen molar-refractivity contribution in [2.75, 3.05) is 6.54 Å². The van der Waals surface area contributed by atoms with Crippen molar-refractivity contribution in [3.05, 3.63) is 28.8 Å². The average Bonchev–Trinajstić information content (AvgIpc) is 2.34. The van der Waals surface area contributed by atoms with Crippen LogP contribution in [0.5, 0.6) is 0 Å². The largest absolute Gasteiger partial charge is 0.480 e. The van der Waals surface area contributed by atoms with Gasteiger partial charge in [0.25, 0.3) is 0 Å². The van der Waals surface area contributed by atoms with E-state index in [0.29, 0.717) is 10.4 Å². The first-order valence-corrected chi connectivity index (χ1v) is 7.79. The molecule has 0 heterocycles. The second kappa shape index (κ2) is 6.43. The Balaban J connectivity index is 3.42. The van der Waals surface area contributed by atoms with E-state index in [-0.39, 0.29) is 0 Å². The summed E-state index contributed by atoms with van der Waals surface area (Å²) in [4.78, 5) is 10.1. The lowest BCUT2D eigenvalue weighted by atomic mass is 10.2. The smallest absolute Gasteiger partial charge is 0.417 e. The molecule has 0 aromatic heterocycles. The van der Waals surface area contributed by atoms with Gasteiger partial charge in [0.1, 0.15) is 6.54 Å². The maximum atomic E-state index is 12.8. The van der Waals surface area contributed by atoms with Crippen molar-refractivity contribution in [2.24, 2.45) is 0 Å². The van der Waals surface area contributed by atoms with Gasteiger partial charge in [-0.1, -0.05) is 11.6 Å². The monoisotopic (exact) mass is 359 g/mol. The second-order valence-electron chi connectivity index (χ2n) is 4.68. The Bertz CT molecular complexity index is 673. The van der Waals surface area contributed by atoms with E-state index in [1.807, 2.05) is 0 Å². The number of hydrogen-bond donors (Lipinski definition) is 1. The minimum Gasteiger partial charge on any atom is -0.480 e. The Morgan fingerprint density at radius 3 is 2.32 bits per heavy atom. The van der Waals surface area contributed by atoms with Crippen LogP contribution in [0.2, 0.25) is 5.02 Å². The van der Waals surface area contributed by atoms with Crippen LogP contribution in [0, 0.1) is 0 Å². The first-order chi connectivity index (χ1) is 9.87. The fourth-order valence-electron chi connectivity index (χ4n) is 1.70. The summed E-state index contributed by atoms with van der Waals surface area (Å²) in [5.41, 5.74) is -1.30. The van der Waals surface area contributed by atoms with Gasteiger partial charge in [0.05, 0.1) is 15.5 Å². The van der Waals surface area contributed by atoms with E-state index >= 15 is 0 Å². The van der Waals surface area contributed by atoms with Crippen LogP contribution in [0.1, 0.15) is 19.4 Å². The fraction of sp³-hybridized carbons (Fsp3) is 0.417. The van der Waals surface area contributed by atoms with E-state index in [4.69, 9.17) is 16.7 Å². The van der Waals surface area contributed by atoms with Gasteiger partial charge in [-0.15, -0.1) is 0 Å². The summed E-state index contributed by atoms with van der Waals surface area (Å²) in [5, 5.41) is 8.13. The Morgan fingerprint density at radius 2 is 1.91 bits per heavy atom. The number of carboxylic acid groups (broad SMARTS) is 1. The third-order valence-corrected chi connectivity index (χ3v) is 5.06.